The van der Waals surface area contributed by atoms with Crippen LogP contribution in [0, 0.1) is 0 Å². The Hall–Kier alpha value is -0.770. The predicted molar refractivity (Wildman–Crippen MR) is 63.1 cm³/mol. The van der Waals surface area contributed by atoms with Crippen LogP contribution in [0.3, 0.4) is 0 Å². The van der Waals surface area contributed by atoms with E-state index in [2.05, 4.69) is 5.32 Å². The van der Waals surface area contributed by atoms with Crippen LogP contribution in [0.4, 0.5) is 0 Å². The molecule has 0 aliphatic carbocycles. The summed E-state index contributed by atoms with van der Waals surface area (Å²) in [6.45, 7) is 1.58. The number of rotatable bonds is 5. The van der Waals surface area contributed by atoms with Gasteiger partial charge in [0, 0.05) is 6.54 Å². The molecular weight excluding hydrogens is 258 g/mol. The second-order valence-electron chi connectivity index (χ2n) is 4.53. The summed E-state index contributed by atoms with van der Waals surface area (Å²) in [7, 11) is 0. The van der Waals surface area contributed by atoms with Crippen molar-refractivity contribution in [3.8, 4) is 0 Å². The number of amides is 1. The molecule has 1 saturated heterocycles. The Bertz CT molecular complexity index is 299. The Morgan fingerprint density at radius 2 is 1.89 bits per heavy atom. The molecular formula is C11H21NO7. The van der Waals surface area contributed by atoms with E-state index < -0.39 is 49.1 Å². The molecule has 6 atom stereocenters. The molecule has 6 N–H and O–H groups in total. The molecule has 8 heteroatoms. The lowest BCUT2D eigenvalue weighted by atomic mass is 9.92. The van der Waals surface area contributed by atoms with Crippen molar-refractivity contribution in [3.05, 3.63) is 0 Å². The van der Waals surface area contributed by atoms with Gasteiger partial charge in [0.05, 0.1) is 6.61 Å². The zero-order valence-electron chi connectivity index (χ0n) is 10.6. The van der Waals surface area contributed by atoms with Crippen molar-refractivity contribution in [2.75, 3.05) is 13.2 Å². The Morgan fingerprint density at radius 1 is 1.26 bits per heavy atom. The van der Waals surface area contributed by atoms with Crippen LogP contribution < -0.4 is 5.32 Å². The molecule has 2 unspecified atom stereocenters. The highest BCUT2D eigenvalue weighted by atomic mass is 16.6. The van der Waals surface area contributed by atoms with Gasteiger partial charge in [-0.3, -0.25) is 4.79 Å². The maximum Gasteiger partial charge on any atom is 0.251 e. The van der Waals surface area contributed by atoms with Gasteiger partial charge in [0.2, 0.25) is 0 Å². The third kappa shape index (κ3) is 3.62. The molecule has 1 amide bonds. The SMILES string of the molecule is CCCNC(=O)C(O)C1O[C@H](CO)[C@@H](O)[C@H](O)[C@H]1O. The first kappa shape index (κ1) is 16.3. The van der Waals surface area contributed by atoms with E-state index in [0.717, 1.165) is 0 Å². The molecule has 1 aliphatic rings. The minimum Gasteiger partial charge on any atom is -0.394 e. The summed E-state index contributed by atoms with van der Waals surface area (Å²) >= 11 is 0. The van der Waals surface area contributed by atoms with E-state index in [0.29, 0.717) is 13.0 Å². The zero-order valence-corrected chi connectivity index (χ0v) is 10.6. The fraction of sp³-hybridized carbons (Fsp3) is 0.909. The van der Waals surface area contributed by atoms with Crippen LogP contribution in [-0.2, 0) is 9.53 Å². The molecule has 0 saturated carbocycles. The van der Waals surface area contributed by atoms with Crippen molar-refractivity contribution in [2.45, 2.75) is 50.0 Å². The molecule has 1 fully saturated rings. The number of aliphatic hydroxyl groups is 5. The van der Waals surface area contributed by atoms with Crippen LogP contribution >= 0.6 is 0 Å². The molecule has 112 valence electrons. The predicted octanol–water partition coefficient (Wildman–Crippen LogP) is -3.28. The molecule has 1 rings (SSSR count). The van der Waals surface area contributed by atoms with E-state index >= 15 is 0 Å². The second kappa shape index (κ2) is 7.13. The fourth-order valence-electron chi connectivity index (χ4n) is 1.89. The van der Waals surface area contributed by atoms with Crippen molar-refractivity contribution >= 4 is 5.91 Å². The van der Waals surface area contributed by atoms with Gasteiger partial charge >= 0.3 is 0 Å². The van der Waals surface area contributed by atoms with Crippen molar-refractivity contribution < 1.29 is 35.1 Å². The molecule has 1 heterocycles. The monoisotopic (exact) mass is 279 g/mol. The maximum atomic E-state index is 11.6. The van der Waals surface area contributed by atoms with Gasteiger partial charge < -0.3 is 35.6 Å². The van der Waals surface area contributed by atoms with E-state index in [-0.39, 0.29) is 0 Å². The summed E-state index contributed by atoms with van der Waals surface area (Å²) in [5.41, 5.74) is 0. The lowest BCUT2D eigenvalue weighted by molar-refractivity contribution is -0.247. The van der Waals surface area contributed by atoms with E-state index in [9.17, 15) is 25.2 Å². The lowest BCUT2D eigenvalue weighted by Crippen LogP contribution is -2.63. The van der Waals surface area contributed by atoms with Crippen molar-refractivity contribution in [1.29, 1.82) is 0 Å². The fourth-order valence-corrected chi connectivity index (χ4v) is 1.89. The van der Waals surface area contributed by atoms with E-state index in [4.69, 9.17) is 9.84 Å². The first-order chi connectivity index (χ1) is 8.93. The summed E-state index contributed by atoms with van der Waals surface area (Å²) in [6, 6.07) is 0. The molecule has 0 spiro atoms. The number of hydrogen-bond acceptors (Lipinski definition) is 7. The first-order valence-electron chi connectivity index (χ1n) is 6.20. The topological polar surface area (TPSA) is 139 Å². The Kier molecular flexibility index (Phi) is 6.11. The van der Waals surface area contributed by atoms with Crippen molar-refractivity contribution in [2.24, 2.45) is 0 Å². The Morgan fingerprint density at radius 3 is 2.42 bits per heavy atom. The molecule has 0 aromatic heterocycles. The average molecular weight is 279 g/mol. The Labute approximate surface area is 110 Å². The third-order valence-corrected chi connectivity index (χ3v) is 3.06. The summed E-state index contributed by atoms with van der Waals surface area (Å²) in [6.07, 6.45) is -8.32. The number of hydrogen-bond donors (Lipinski definition) is 6. The minimum absolute atomic E-state index is 0.354. The van der Waals surface area contributed by atoms with Crippen molar-refractivity contribution in [3.63, 3.8) is 0 Å². The summed E-state index contributed by atoms with van der Waals surface area (Å²) < 4.78 is 5.07. The third-order valence-electron chi connectivity index (χ3n) is 3.06. The van der Waals surface area contributed by atoms with Gasteiger partial charge in [0.15, 0.2) is 6.10 Å². The number of aliphatic hydroxyl groups excluding tert-OH is 5. The van der Waals surface area contributed by atoms with Crippen LogP contribution in [0.1, 0.15) is 13.3 Å². The second-order valence-corrected chi connectivity index (χ2v) is 4.53. The van der Waals surface area contributed by atoms with Crippen LogP contribution in [-0.4, -0.2) is 81.2 Å². The minimum atomic E-state index is -1.70. The summed E-state index contributed by atoms with van der Waals surface area (Å²) in [5.74, 6) is -0.744. The van der Waals surface area contributed by atoms with Gasteiger partial charge in [0.1, 0.15) is 30.5 Å². The van der Waals surface area contributed by atoms with Crippen LogP contribution in [0.2, 0.25) is 0 Å². The summed E-state index contributed by atoms with van der Waals surface area (Å²) in [4.78, 5) is 11.6. The number of ether oxygens (including phenoxy) is 1. The molecule has 0 bridgehead atoms. The largest absolute Gasteiger partial charge is 0.394 e. The maximum absolute atomic E-state index is 11.6. The number of nitrogens with one attached hydrogen (secondary N) is 1. The Balaban J connectivity index is 2.72. The molecule has 1 aliphatic heterocycles. The van der Waals surface area contributed by atoms with Crippen LogP contribution in [0.15, 0.2) is 0 Å². The van der Waals surface area contributed by atoms with E-state index in [1.165, 1.54) is 0 Å². The van der Waals surface area contributed by atoms with Crippen molar-refractivity contribution in [1.82, 2.24) is 5.32 Å². The highest BCUT2D eigenvalue weighted by Crippen LogP contribution is 2.23. The number of carbonyl (C=O) groups excluding carboxylic acids is 1. The van der Waals surface area contributed by atoms with Gasteiger partial charge in [-0.05, 0) is 6.42 Å². The summed E-state index contributed by atoms with van der Waals surface area (Å²) in [5, 5.41) is 50.0. The average Bonchev–Trinajstić information content (AvgIpc) is 2.42. The van der Waals surface area contributed by atoms with Gasteiger partial charge in [-0.15, -0.1) is 0 Å². The molecule has 8 nitrogen and oxygen atoms in total. The molecule has 0 aromatic rings. The highest BCUT2D eigenvalue weighted by molar-refractivity contribution is 5.81. The highest BCUT2D eigenvalue weighted by Gasteiger charge is 2.47. The lowest BCUT2D eigenvalue weighted by Gasteiger charge is -2.41. The number of carbonyl (C=O) groups is 1. The van der Waals surface area contributed by atoms with E-state index in [1.807, 2.05) is 6.92 Å². The smallest absolute Gasteiger partial charge is 0.251 e. The molecule has 0 radical (unpaired) electrons. The standard InChI is InChI=1S/C11H21NO7/c1-2-3-12-11(18)9(17)10-8(16)7(15)6(14)5(4-13)19-10/h5-10,13-17H,2-4H2,1H3,(H,12,18)/t5-,6-,7+,8-,9?,10?/m1/s1. The van der Waals surface area contributed by atoms with Gasteiger partial charge in [-0.2, -0.15) is 0 Å². The quantitative estimate of drug-likeness (QED) is 0.310. The van der Waals surface area contributed by atoms with Gasteiger partial charge in [-0.25, -0.2) is 0 Å². The molecule has 0 aromatic carbocycles. The zero-order chi connectivity index (χ0) is 14.6. The van der Waals surface area contributed by atoms with Gasteiger partial charge in [-0.1, -0.05) is 6.92 Å². The molecule has 19 heavy (non-hydrogen) atoms. The van der Waals surface area contributed by atoms with E-state index in [1.54, 1.807) is 0 Å². The first-order valence-corrected chi connectivity index (χ1v) is 6.20. The van der Waals surface area contributed by atoms with Crippen LogP contribution in [0.25, 0.3) is 0 Å². The normalized spacial score (nSPS) is 36.8. The van der Waals surface area contributed by atoms with Gasteiger partial charge in [0.25, 0.3) is 5.91 Å². The van der Waals surface area contributed by atoms with Crippen LogP contribution in [0.5, 0.6) is 0 Å².